The summed E-state index contributed by atoms with van der Waals surface area (Å²) in [7, 11) is 5.66. The van der Waals surface area contributed by atoms with Gasteiger partial charge in [-0.15, -0.1) is 0 Å². The molecule has 192 valence electrons. The molecule has 0 aliphatic carbocycles. The molecule has 0 spiro atoms. The van der Waals surface area contributed by atoms with Crippen LogP contribution in [0, 0.1) is 0 Å². The Morgan fingerprint density at radius 3 is 2.45 bits per heavy atom. The Hall–Kier alpha value is -4.72. The maximum Gasteiger partial charge on any atom is 0.212 e. The molecule has 0 saturated heterocycles. The van der Waals surface area contributed by atoms with Gasteiger partial charge >= 0.3 is 0 Å². The van der Waals surface area contributed by atoms with Crippen LogP contribution >= 0.6 is 0 Å². The third-order valence-corrected chi connectivity index (χ3v) is 6.54. The molecule has 8 nitrogen and oxygen atoms in total. The molecule has 1 unspecified atom stereocenters. The lowest BCUT2D eigenvalue weighted by atomic mass is 10.0. The van der Waals surface area contributed by atoms with E-state index in [2.05, 4.69) is 73.4 Å². The number of ether oxygens (including phenoxy) is 1. The fourth-order valence-corrected chi connectivity index (χ4v) is 4.63. The van der Waals surface area contributed by atoms with E-state index in [1.54, 1.807) is 25.8 Å². The van der Waals surface area contributed by atoms with Gasteiger partial charge < -0.3 is 19.2 Å². The Kier molecular flexibility index (Phi) is 7.04. The summed E-state index contributed by atoms with van der Waals surface area (Å²) in [5.41, 5.74) is 7.87. The van der Waals surface area contributed by atoms with E-state index in [4.69, 9.17) is 4.74 Å². The fraction of sp³-hybridized carbons (Fsp3) is 0.200. The minimum absolute atomic E-state index is 0.187. The van der Waals surface area contributed by atoms with Gasteiger partial charge in [-0.05, 0) is 46.8 Å². The smallest absolute Gasteiger partial charge is 0.212 e. The number of hydrogen-bond acceptors (Lipinski definition) is 6. The van der Waals surface area contributed by atoms with Crippen LogP contribution in [0.4, 0.5) is 5.69 Å². The molecule has 8 heteroatoms. The van der Waals surface area contributed by atoms with Crippen molar-refractivity contribution in [3.63, 3.8) is 0 Å². The van der Waals surface area contributed by atoms with Crippen LogP contribution in [0.25, 0.3) is 33.1 Å². The van der Waals surface area contributed by atoms with Crippen LogP contribution in [0.15, 0.2) is 85.8 Å². The highest BCUT2D eigenvalue weighted by atomic mass is 16.5. The summed E-state index contributed by atoms with van der Waals surface area (Å²) in [6.45, 7) is 4.00. The summed E-state index contributed by atoms with van der Waals surface area (Å²) in [5.74, 6) is 0.571. The highest BCUT2D eigenvalue weighted by molar-refractivity contribution is 5.97. The number of rotatable bonds is 6. The molecular formula is C30H31N7O. The van der Waals surface area contributed by atoms with Crippen LogP contribution in [0.3, 0.4) is 0 Å². The first-order valence-electron chi connectivity index (χ1n) is 12.6. The third-order valence-electron chi connectivity index (χ3n) is 6.54. The number of pyridine rings is 1. The van der Waals surface area contributed by atoms with Crippen LogP contribution in [0.2, 0.25) is 0 Å². The second kappa shape index (κ2) is 10.7. The van der Waals surface area contributed by atoms with Crippen molar-refractivity contribution in [2.24, 2.45) is 14.1 Å². The normalized spacial score (nSPS) is 11.7. The summed E-state index contributed by atoms with van der Waals surface area (Å²) >= 11 is 0. The Morgan fingerprint density at radius 2 is 1.71 bits per heavy atom. The Bertz CT molecular complexity index is 1680. The lowest BCUT2D eigenvalue weighted by molar-refractivity contribution is 0.397. The van der Waals surface area contributed by atoms with E-state index in [-0.39, 0.29) is 6.04 Å². The zero-order valence-corrected chi connectivity index (χ0v) is 22.3. The predicted molar refractivity (Wildman–Crippen MR) is 152 cm³/mol. The highest BCUT2D eigenvalue weighted by Crippen LogP contribution is 2.34. The quantitative estimate of drug-likeness (QED) is 0.292. The SMILES string of the molecule is CC.COc1ccc(C(Nc2cc(-c3ccc4ccn(C)c4c3)c3nccnc3c2)c2cncn2C)cn1. The molecule has 0 saturated carbocycles. The van der Waals surface area contributed by atoms with E-state index in [1.807, 2.05) is 56.1 Å². The maximum absolute atomic E-state index is 5.26. The van der Waals surface area contributed by atoms with E-state index in [0.717, 1.165) is 39.1 Å². The van der Waals surface area contributed by atoms with Gasteiger partial charge in [0.25, 0.3) is 0 Å². The average Bonchev–Trinajstić information content (AvgIpc) is 3.57. The second-order valence-corrected chi connectivity index (χ2v) is 8.79. The van der Waals surface area contributed by atoms with Gasteiger partial charge in [0.15, 0.2) is 0 Å². The van der Waals surface area contributed by atoms with Gasteiger partial charge in [0.1, 0.15) is 0 Å². The summed E-state index contributed by atoms with van der Waals surface area (Å²) in [6.07, 6.45) is 11.0. The van der Waals surface area contributed by atoms with E-state index in [0.29, 0.717) is 5.88 Å². The molecule has 4 aromatic heterocycles. The first-order valence-corrected chi connectivity index (χ1v) is 12.6. The van der Waals surface area contributed by atoms with Crippen molar-refractivity contribution in [1.29, 1.82) is 0 Å². The number of imidazole rings is 1. The number of nitrogens with zero attached hydrogens (tertiary/aromatic N) is 6. The van der Waals surface area contributed by atoms with Crippen LogP contribution in [-0.2, 0) is 14.1 Å². The molecule has 2 aromatic carbocycles. The summed E-state index contributed by atoms with van der Waals surface area (Å²) < 4.78 is 9.40. The Labute approximate surface area is 222 Å². The molecule has 6 aromatic rings. The molecule has 4 heterocycles. The molecule has 6 rings (SSSR count). The predicted octanol–water partition coefficient (Wildman–Crippen LogP) is 6.15. The van der Waals surface area contributed by atoms with Gasteiger partial charge in [-0.1, -0.05) is 26.0 Å². The van der Waals surface area contributed by atoms with E-state index >= 15 is 0 Å². The van der Waals surface area contributed by atoms with Crippen LogP contribution in [0.1, 0.15) is 31.1 Å². The Balaban J connectivity index is 0.00000144. The molecule has 1 atom stereocenters. The minimum atomic E-state index is -0.187. The average molecular weight is 506 g/mol. The number of anilines is 1. The molecule has 38 heavy (non-hydrogen) atoms. The third kappa shape index (κ3) is 4.68. The van der Waals surface area contributed by atoms with Gasteiger partial charge in [-0.25, -0.2) is 9.97 Å². The lowest BCUT2D eigenvalue weighted by Crippen LogP contribution is -2.16. The minimum Gasteiger partial charge on any atom is -0.481 e. The van der Waals surface area contributed by atoms with Crippen molar-refractivity contribution >= 4 is 27.6 Å². The highest BCUT2D eigenvalue weighted by Gasteiger charge is 2.20. The largest absolute Gasteiger partial charge is 0.481 e. The van der Waals surface area contributed by atoms with Gasteiger partial charge in [-0.2, -0.15) is 0 Å². The molecule has 1 N–H and O–H groups in total. The van der Waals surface area contributed by atoms with Crippen molar-refractivity contribution in [3.05, 3.63) is 97.1 Å². The van der Waals surface area contributed by atoms with E-state index in [9.17, 15) is 0 Å². The summed E-state index contributed by atoms with van der Waals surface area (Å²) in [4.78, 5) is 18.1. The van der Waals surface area contributed by atoms with Crippen molar-refractivity contribution in [2.45, 2.75) is 19.9 Å². The van der Waals surface area contributed by atoms with Gasteiger partial charge in [0, 0.05) is 61.7 Å². The number of methoxy groups -OCH3 is 1. The summed E-state index contributed by atoms with van der Waals surface area (Å²) in [6, 6.07) is 16.5. The first kappa shape index (κ1) is 25.0. The lowest BCUT2D eigenvalue weighted by Gasteiger charge is -2.22. The number of benzene rings is 2. The van der Waals surface area contributed by atoms with Crippen molar-refractivity contribution < 1.29 is 4.74 Å². The summed E-state index contributed by atoms with van der Waals surface area (Å²) in [5, 5.41) is 4.91. The monoisotopic (exact) mass is 505 g/mol. The molecule has 0 radical (unpaired) electrons. The van der Waals surface area contributed by atoms with Crippen LogP contribution in [-0.4, -0.2) is 36.2 Å². The second-order valence-electron chi connectivity index (χ2n) is 8.79. The van der Waals surface area contributed by atoms with E-state index in [1.165, 1.54) is 10.9 Å². The van der Waals surface area contributed by atoms with E-state index < -0.39 is 0 Å². The number of aromatic nitrogens is 6. The maximum atomic E-state index is 5.26. The van der Waals surface area contributed by atoms with Crippen LogP contribution < -0.4 is 10.1 Å². The van der Waals surface area contributed by atoms with Crippen molar-refractivity contribution in [1.82, 2.24) is 29.1 Å². The van der Waals surface area contributed by atoms with Gasteiger partial charge in [0.05, 0.1) is 42.4 Å². The molecule has 0 bridgehead atoms. The fourth-order valence-electron chi connectivity index (χ4n) is 4.63. The zero-order valence-electron chi connectivity index (χ0n) is 22.3. The van der Waals surface area contributed by atoms with Crippen LogP contribution in [0.5, 0.6) is 5.88 Å². The number of nitrogens with one attached hydrogen (secondary N) is 1. The van der Waals surface area contributed by atoms with Crippen molar-refractivity contribution in [2.75, 3.05) is 12.4 Å². The van der Waals surface area contributed by atoms with Gasteiger partial charge in [-0.3, -0.25) is 9.97 Å². The van der Waals surface area contributed by atoms with Gasteiger partial charge in [0.2, 0.25) is 5.88 Å². The van der Waals surface area contributed by atoms with Crippen molar-refractivity contribution in [3.8, 4) is 17.0 Å². The first-order chi connectivity index (χ1) is 18.6. The molecule has 0 fully saturated rings. The molecule has 0 aliphatic heterocycles. The standard InChI is InChI=1S/C28H25N7O.C2H6/c1-34-11-8-18-4-5-19(12-24(18)34)22-13-21(14-23-28(22)31-10-9-30-23)33-27(25-16-29-17-35(25)2)20-6-7-26(36-3)32-15-20;1-2/h4-17,27,33H,1-3H3;1-2H3. The molecular weight excluding hydrogens is 474 g/mol. The number of hydrogen-bond donors (Lipinski definition) is 1. The topological polar surface area (TPSA) is 82.7 Å². The number of aryl methyl sites for hydroxylation is 2. The number of fused-ring (bicyclic) bond motifs is 2. The molecule has 0 amide bonds. The molecule has 0 aliphatic rings. The zero-order chi connectivity index (χ0) is 26.6. The Morgan fingerprint density at radius 1 is 0.868 bits per heavy atom.